The van der Waals surface area contributed by atoms with E-state index < -0.39 is 23.1 Å². The first-order chi connectivity index (χ1) is 17.6. The Bertz CT molecular complexity index is 1280. The number of amides is 1. The Kier molecular flexibility index (Phi) is 9.00. The van der Waals surface area contributed by atoms with E-state index in [0.717, 1.165) is 22.8 Å². The van der Waals surface area contributed by atoms with Crippen molar-refractivity contribution in [1.29, 1.82) is 0 Å². The van der Waals surface area contributed by atoms with Crippen LogP contribution in [0, 0.1) is 0 Å². The number of hydrogen-bond donors (Lipinski definition) is 2. The molecule has 1 amide bonds. The number of H-pyrrole nitrogens is 1. The fraction of sp³-hybridized carbons (Fsp3) is 0.375. The van der Waals surface area contributed by atoms with Gasteiger partial charge in [-0.3, -0.25) is 9.52 Å². The van der Waals surface area contributed by atoms with Crippen LogP contribution in [0.25, 0.3) is 10.9 Å². The number of aromatic nitrogens is 1. The maximum Gasteiger partial charge on any atom is 0.471 e. The van der Waals surface area contributed by atoms with Crippen LogP contribution in [0.15, 0.2) is 52.4 Å². The first-order valence-corrected chi connectivity index (χ1v) is 14.3. The first-order valence-electron chi connectivity index (χ1n) is 11.6. The summed E-state index contributed by atoms with van der Waals surface area (Å²) < 4.78 is 56.4. The zero-order valence-electron chi connectivity index (χ0n) is 19.8. The van der Waals surface area contributed by atoms with Crippen molar-refractivity contribution < 1.29 is 22.2 Å². The minimum absolute atomic E-state index is 0.0534. The number of likely N-dealkylation sites (tertiary alicyclic amines) is 1. The van der Waals surface area contributed by atoms with Gasteiger partial charge in [-0.1, -0.05) is 30.1 Å². The van der Waals surface area contributed by atoms with Gasteiger partial charge in [0.1, 0.15) is 11.0 Å². The van der Waals surface area contributed by atoms with E-state index in [9.17, 15) is 22.2 Å². The van der Waals surface area contributed by atoms with Crippen molar-refractivity contribution >= 4 is 68.6 Å². The standard InChI is InChI=1S/C24H25Cl2F3N4O2S2/c1-2-11-33(15-9-12-32(13-10-15)23(34)24(27,28)29)36-16-3-5-17(6-4-16)37(35)31-20-8-7-18(25)21-19(26)14-30-22(20)21/h3-8,14-15,30-31H,2,9-13H2,1H3. The van der Waals surface area contributed by atoms with E-state index in [1.165, 1.54) is 11.9 Å². The molecule has 0 spiro atoms. The number of nitrogens with zero attached hydrogens (tertiary/aromatic N) is 2. The molecular formula is C24H25Cl2F3N4O2S2. The maximum absolute atomic E-state index is 13.0. The molecule has 1 unspecified atom stereocenters. The second-order valence-corrected chi connectivity index (χ2v) is 11.7. The largest absolute Gasteiger partial charge is 0.471 e. The van der Waals surface area contributed by atoms with Gasteiger partial charge in [-0.2, -0.15) is 13.2 Å². The fourth-order valence-electron chi connectivity index (χ4n) is 4.23. The molecule has 37 heavy (non-hydrogen) atoms. The Morgan fingerprint density at radius 1 is 1.16 bits per heavy atom. The van der Waals surface area contributed by atoms with E-state index in [0.29, 0.717) is 44.4 Å². The molecule has 200 valence electrons. The average molecular weight is 594 g/mol. The summed E-state index contributed by atoms with van der Waals surface area (Å²) in [5.74, 6) is -1.77. The Morgan fingerprint density at radius 3 is 2.46 bits per heavy atom. The zero-order valence-corrected chi connectivity index (χ0v) is 22.9. The number of anilines is 1. The third kappa shape index (κ3) is 6.57. The fourth-order valence-corrected chi connectivity index (χ4v) is 6.82. The van der Waals surface area contributed by atoms with Gasteiger partial charge in [0.15, 0.2) is 0 Å². The van der Waals surface area contributed by atoms with E-state index in [1.807, 2.05) is 19.1 Å². The number of carbonyl (C=O) groups is 1. The van der Waals surface area contributed by atoms with Gasteiger partial charge in [0.25, 0.3) is 0 Å². The number of hydrogen-bond acceptors (Lipinski definition) is 4. The molecule has 0 bridgehead atoms. The molecule has 2 aromatic carbocycles. The summed E-state index contributed by atoms with van der Waals surface area (Å²) in [5, 5.41) is 1.62. The highest BCUT2D eigenvalue weighted by molar-refractivity contribution is 7.97. The second kappa shape index (κ2) is 11.9. The smallest absolute Gasteiger partial charge is 0.358 e. The Hall–Kier alpha value is -1.92. The molecule has 1 aromatic heterocycles. The van der Waals surface area contributed by atoms with Crippen LogP contribution in [-0.2, 0) is 15.8 Å². The van der Waals surface area contributed by atoms with Gasteiger partial charge in [0.05, 0.1) is 26.1 Å². The highest BCUT2D eigenvalue weighted by Crippen LogP contribution is 2.35. The van der Waals surface area contributed by atoms with Crippen molar-refractivity contribution in [3.05, 3.63) is 52.6 Å². The van der Waals surface area contributed by atoms with Gasteiger partial charge in [0.2, 0.25) is 0 Å². The minimum atomic E-state index is -4.84. The van der Waals surface area contributed by atoms with Crippen LogP contribution >= 0.6 is 35.1 Å². The van der Waals surface area contributed by atoms with Gasteiger partial charge in [0, 0.05) is 42.2 Å². The lowest BCUT2D eigenvalue weighted by Crippen LogP contribution is -2.49. The predicted molar refractivity (Wildman–Crippen MR) is 143 cm³/mol. The number of rotatable bonds is 8. The number of piperidine rings is 1. The van der Waals surface area contributed by atoms with Crippen molar-refractivity contribution in [2.75, 3.05) is 24.4 Å². The second-order valence-electron chi connectivity index (χ2n) is 8.58. The van der Waals surface area contributed by atoms with Crippen molar-refractivity contribution in [1.82, 2.24) is 14.2 Å². The SMILES string of the molecule is CCCN(Sc1ccc(S(=O)Nc2ccc(Cl)c3c(Cl)c[nH]c23)cc1)C1CCN(C(=O)C(F)(F)F)CC1. The lowest BCUT2D eigenvalue weighted by molar-refractivity contribution is -0.186. The molecule has 0 radical (unpaired) electrons. The minimum Gasteiger partial charge on any atom is -0.358 e. The van der Waals surface area contributed by atoms with Crippen molar-refractivity contribution in [2.45, 2.75) is 48.2 Å². The van der Waals surface area contributed by atoms with E-state index >= 15 is 0 Å². The summed E-state index contributed by atoms with van der Waals surface area (Å²) in [6.45, 7) is 2.96. The van der Waals surface area contributed by atoms with Crippen LogP contribution < -0.4 is 4.72 Å². The van der Waals surface area contributed by atoms with Crippen LogP contribution in [0.1, 0.15) is 26.2 Å². The van der Waals surface area contributed by atoms with Gasteiger partial charge >= 0.3 is 12.1 Å². The van der Waals surface area contributed by atoms with E-state index in [4.69, 9.17) is 23.2 Å². The average Bonchev–Trinajstić information content (AvgIpc) is 3.27. The van der Waals surface area contributed by atoms with E-state index in [1.54, 1.807) is 30.5 Å². The maximum atomic E-state index is 13.0. The summed E-state index contributed by atoms with van der Waals surface area (Å²) in [5.41, 5.74) is 1.27. The molecule has 0 aliphatic carbocycles. The molecule has 6 nitrogen and oxygen atoms in total. The summed E-state index contributed by atoms with van der Waals surface area (Å²) in [7, 11) is -1.54. The van der Waals surface area contributed by atoms with Crippen LogP contribution in [0.3, 0.4) is 0 Å². The molecule has 1 atom stereocenters. The molecule has 2 N–H and O–H groups in total. The molecule has 4 rings (SSSR count). The monoisotopic (exact) mass is 592 g/mol. The number of benzene rings is 2. The molecular weight excluding hydrogens is 568 g/mol. The van der Waals surface area contributed by atoms with Crippen molar-refractivity contribution in [3.8, 4) is 0 Å². The lowest BCUT2D eigenvalue weighted by Gasteiger charge is -2.37. The summed E-state index contributed by atoms with van der Waals surface area (Å²) in [4.78, 5) is 17.0. The first kappa shape index (κ1) is 28.1. The number of carbonyl (C=O) groups excluding carboxylic acids is 1. The molecule has 1 saturated heterocycles. The van der Waals surface area contributed by atoms with Gasteiger partial charge < -0.3 is 9.88 Å². The van der Waals surface area contributed by atoms with Crippen LogP contribution in [0.4, 0.5) is 18.9 Å². The number of nitrogens with one attached hydrogen (secondary N) is 2. The lowest BCUT2D eigenvalue weighted by atomic mass is 10.0. The zero-order chi connectivity index (χ0) is 26.7. The number of aromatic amines is 1. The highest BCUT2D eigenvalue weighted by Gasteiger charge is 2.43. The Labute approximate surface area is 229 Å². The normalized spacial score (nSPS) is 15.9. The molecule has 1 aliphatic rings. The van der Waals surface area contributed by atoms with Gasteiger partial charge in [-0.15, -0.1) is 0 Å². The molecule has 13 heteroatoms. The third-order valence-electron chi connectivity index (χ3n) is 6.05. The Morgan fingerprint density at radius 2 is 1.84 bits per heavy atom. The summed E-state index contributed by atoms with van der Waals surface area (Å²) in [6, 6.07) is 10.8. The van der Waals surface area contributed by atoms with Crippen molar-refractivity contribution in [3.63, 3.8) is 0 Å². The van der Waals surface area contributed by atoms with Crippen LogP contribution in [0.2, 0.25) is 10.0 Å². The Balaban J connectivity index is 1.39. The molecule has 3 aromatic rings. The van der Waals surface area contributed by atoms with E-state index in [2.05, 4.69) is 14.0 Å². The molecule has 0 saturated carbocycles. The number of alkyl halides is 3. The van der Waals surface area contributed by atoms with Crippen molar-refractivity contribution in [2.24, 2.45) is 0 Å². The van der Waals surface area contributed by atoms with Crippen LogP contribution in [-0.4, -0.2) is 56.2 Å². The molecule has 1 aliphatic heterocycles. The topological polar surface area (TPSA) is 68.4 Å². The van der Waals surface area contributed by atoms with Gasteiger partial charge in [-0.25, -0.2) is 8.51 Å². The predicted octanol–water partition coefficient (Wildman–Crippen LogP) is 6.88. The molecule has 1 fully saturated rings. The summed E-state index contributed by atoms with van der Waals surface area (Å²) in [6.07, 6.45) is -1.40. The van der Waals surface area contributed by atoms with Gasteiger partial charge in [-0.05, 0) is 67.6 Å². The summed E-state index contributed by atoms with van der Waals surface area (Å²) >= 11 is 13.9. The third-order valence-corrected chi connectivity index (χ3v) is 8.96. The van der Waals surface area contributed by atoms with Crippen LogP contribution in [0.5, 0.6) is 0 Å². The number of halogens is 5. The highest BCUT2D eigenvalue weighted by atomic mass is 35.5. The van der Waals surface area contributed by atoms with E-state index in [-0.39, 0.29) is 19.1 Å². The number of fused-ring (bicyclic) bond motifs is 1. The quantitative estimate of drug-likeness (QED) is 0.280. The molecule has 2 heterocycles.